The second-order valence-electron chi connectivity index (χ2n) is 21.3. The molecule has 0 radical (unpaired) electrons. The molecule has 0 aliphatic heterocycles. The molecule has 6 nitrogen and oxygen atoms in total. The fourth-order valence-electron chi connectivity index (χ4n) is 9.17. The summed E-state index contributed by atoms with van der Waals surface area (Å²) in [5.41, 5.74) is 0. The van der Waals surface area contributed by atoms with Crippen molar-refractivity contribution in [3.63, 3.8) is 0 Å². The lowest BCUT2D eigenvalue weighted by Crippen LogP contribution is -2.30. The summed E-state index contributed by atoms with van der Waals surface area (Å²) in [4.78, 5) is 38.0. The third-order valence-corrected chi connectivity index (χ3v) is 13.9. The molecule has 0 aromatic rings. The van der Waals surface area contributed by atoms with E-state index in [1.165, 1.54) is 193 Å². The number of allylic oxidation sites excluding steroid dienone is 12. The minimum Gasteiger partial charge on any atom is -0.462 e. The zero-order valence-electron chi connectivity index (χ0n) is 49.1. The quantitative estimate of drug-likeness (QED) is 0.0261. The minimum absolute atomic E-state index is 0.0885. The second kappa shape index (κ2) is 62.4. The molecule has 0 aromatic carbocycles. The third kappa shape index (κ3) is 59.7. The molecule has 1 atom stereocenters. The van der Waals surface area contributed by atoms with Gasteiger partial charge >= 0.3 is 17.9 Å². The number of esters is 3. The van der Waals surface area contributed by atoms with E-state index in [4.69, 9.17) is 14.2 Å². The van der Waals surface area contributed by atoms with Gasteiger partial charge in [0.25, 0.3) is 0 Å². The molecule has 0 fully saturated rings. The molecule has 1 unspecified atom stereocenters. The van der Waals surface area contributed by atoms with Crippen molar-refractivity contribution in [2.75, 3.05) is 13.2 Å². The number of hydrogen-bond acceptors (Lipinski definition) is 6. The average Bonchev–Trinajstić information content (AvgIpc) is 3.40. The Morgan fingerprint density at radius 1 is 0.284 bits per heavy atom. The van der Waals surface area contributed by atoms with E-state index in [0.717, 1.165) is 83.5 Å². The first kappa shape index (κ1) is 70.8. The van der Waals surface area contributed by atoms with Crippen molar-refractivity contribution in [2.24, 2.45) is 0 Å². The summed E-state index contributed by atoms with van der Waals surface area (Å²) < 4.78 is 16.8. The molecule has 0 spiro atoms. The minimum atomic E-state index is -0.793. The molecule has 6 heteroatoms. The Kier molecular flexibility index (Phi) is 59.7. The maximum Gasteiger partial charge on any atom is 0.306 e. The van der Waals surface area contributed by atoms with Crippen LogP contribution in [-0.4, -0.2) is 37.2 Å². The van der Waals surface area contributed by atoms with E-state index in [1.54, 1.807) is 0 Å². The van der Waals surface area contributed by atoms with Gasteiger partial charge in [-0.3, -0.25) is 14.4 Å². The van der Waals surface area contributed by atoms with E-state index < -0.39 is 6.10 Å². The first-order valence-electron chi connectivity index (χ1n) is 31.9. The molecule has 0 rings (SSSR count). The van der Waals surface area contributed by atoms with Crippen LogP contribution < -0.4 is 0 Å². The van der Waals surface area contributed by atoms with E-state index in [0.29, 0.717) is 19.3 Å². The maximum atomic E-state index is 12.8. The highest BCUT2D eigenvalue weighted by molar-refractivity contribution is 5.71. The first-order valence-corrected chi connectivity index (χ1v) is 31.9. The van der Waals surface area contributed by atoms with E-state index in [9.17, 15) is 14.4 Å². The highest BCUT2D eigenvalue weighted by Crippen LogP contribution is 2.17. The third-order valence-electron chi connectivity index (χ3n) is 13.9. The lowest BCUT2D eigenvalue weighted by Gasteiger charge is -2.18. The Bertz CT molecular complexity index is 1370. The van der Waals surface area contributed by atoms with Gasteiger partial charge in [-0.2, -0.15) is 0 Å². The second-order valence-corrected chi connectivity index (χ2v) is 21.3. The fourth-order valence-corrected chi connectivity index (χ4v) is 9.17. The van der Waals surface area contributed by atoms with Gasteiger partial charge in [-0.05, 0) is 89.9 Å². The molecule has 0 aliphatic carbocycles. The summed E-state index contributed by atoms with van der Waals surface area (Å²) in [5, 5.41) is 0. The van der Waals surface area contributed by atoms with Gasteiger partial charge in [-0.1, -0.05) is 286 Å². The SMILES string of the molecule is CC/C=C\C/C=C\C/C=C\C/C=C\CCCCC(=O)OC(COC(=O)CCCCCCCCCC)COC(=O)CCCCCCCCCCCCCCCCCCCCCCC/C=C\C/C=C\CCCCCCC. The molecule has 0 saturated carbocycles. The normalized spacial score (nSPS) is 12.5. The van der Waals surface area contributed by atoms with Crippen molar-refractivity contribution in [3.8, 4) is 0 Å². The molecule has 0 N–H and O–H groups in total. The molecular formula is C68H120O6. The molecule has 0 aromatic heterocycles. The van der Waals surface area contributed by atoms with Crippen molar-refractivity contribution in [3.05, 3.63) is 72.9 Å². The number of unbranched alkanes of at least 4 members (excludes halogenated alkanes) is 35. The van der Waals surface area contributed by atoms with E-state index in [1.807, 2.05) is 0 Å². The summed E-state index contributed by atoms with van der Waals surface area (Å²) in [6.45, 7) is 6.48. The van der Waals surface area contributed by atoms with Crippen LogP contribution in [0.25, 0.3) is 0 Å². The van der Waals surface area contributed by atoms with Crippen LogP contribution in [0.15, 0.2) is 72.9 Å². The van der Waals surface area contributed by atoms with Crippen LogP contribution in [0.2, 0.25) is 0 Å². The molecule has 428 valence electrons. The highest BCUT2D eigenvalue weighted by atomic mass is 16.6. The maximum absolute atomic E-state index is 12.8. The van der Waals surface area contributed by atoms with Crippen LogP contribution in [-0.2, 0) is 28.6 Å². The predicted octanol–water partition coefficient (Wildman–Crippen LogP) is 21.7. The molecule has 0 amide bonds. The number of hydrogen-bond donors (Lipinski definition) is 0. The lowest BCUT2D eigenvalue weighted by atomic mass is 10.0. The summed E-state index contributed by atoms with van der Waals surface area (Å²) >= 11 is 0. The Morgan fingerprint density at radius 2 is 0.527 bits per heavy atom. The Labute approximate surface area is 459 Å². The van der Waals surface area contributed by atoms with E-state index in [-0.39, 0.29) is 37.5 Å². The van der Waals surface area contributed by atoms with Crippen LogP contribution >= 0.6 is 0 Å². The number of rotatable bonds is 58. The van der Waals surface area contributed by atoms with Crippen LogP contribution in [0.5, 0.6) is 0 Å². The molecule has 0 bridgehead atoms. The van der Waals surface area contributed by atoms with Crippen LogP contribution in [0.1, 0.15) is 323 Å². The monoisotopic (exact) mass is 1030 g/mol. The standard InChI is InChI=1S/C68H120O6/c1-4-7-10-13-16-19-21-23-25-26-27-28-29-30-31-32-33-34-35-36-37-38-39-40-41-42-44-45-47-49-52-55-58-61-67(70)73-64-65(63-72-66(69)60-57-54-51-18-15-12-9-6-3)74-68(71)62-59-56-53-50-48-46-43-24-22-20-17-14-11-8-5-2/h8,11,17,20-21,23-24,26-27,43,48,50,65H,4-7,9-10,12-16,18-19,22,25,28-42,44-47,49,51-64H2,1-3H3/b11-8-,20-17-,23-21-,27-26-,43-24-,50-48-. The van der Waals surface area contributed by atoms with Gasteiger partial charge < -0.3 is 14.2 Å². The molecule has 0 aliphatic rings. The fraction of sp³-hybridized carbons (Fsp3) is 0.779. The summed E-state index contributed by atoms with van der Waals surface area (Å²) in [6.07, 6.45) is 81.0. The zero-order chi connectivity index (χ0) is 53.6. The average molecular weight is 1030 g/mol. The topological polar surface area (TPSA) is 78.9 Å². The lowest BCUT2D eigenvalue weighted by molar-refractivity contribution is -0.167. The van der Waals surface area contributed by atoms with Gasteiger partial charge in [-0.25, -0.2) is 0 Å². The summed E-state index contributed by atoms with van der Waals surface area (Å²) in [5.74, 6) is -0.924. The van der Waals surface area contributed by atoms with Gasteiger partial charge in [0.15, 0.2) is 6.10 Å². The Morgan fingerprint density at radius 3 is 0.851 bits per heavy atom. The van der Waals surface area contributed by atoms with Gasteiger partial charge in [0.2, 0.25) is 0 Å². The van der Waals surface area contributed by atoms with Gasteiger partial charge in [0, 0.05) is 19.3 Å². The number of carbonyl (C=O) groups excluding carboxylic acids is 3. The van der Waals surface area contributed by atoms with Gasteiger partial charge in [0.1, 0.15) is 13.2 Å². The Hall–Kier alpha value is -3.15. The highest BCUT2D eigenvalue weighted by Gasteiger charge is 2.19. The first-order chi connectivity index (χ1) is 36.5. The van der Waals surface area contributed by atoms with Crippen molar-refractivity contribution in [1.29, 1.82) is 0 Å². The van der Waals surface area contributed by atoms with Crippen LogP contribution in [0.3, 0.4) is 0 Å². The van der Waals surface area contributed by atoms with Gasteiger partial charge in [-0.15, -0.1) is 0 Å². The number of carbonyl (C=O) groups is 3. The van der Waals surface area contributed by atoms with E-state index >= 15 is 0 Å². The van der Waals surface area contributed by atoms with Crippen molar-refractivity contribution in [2.45, 2.75) is 329 Å². The molecule has 0 heterocycles. The molecule has 0 saturated heterocycles. The van der Waals surface area contributed by atoms with E-state index in [2.05, 4.69) is 93.7 Å². The molecular weight excluding hydrogens is 913 g/mol. The van der Waals surface area contributed by atoms with Crippen LogP contribution in [0, 0.1) is 0 Å². The van der Waals surface area contributed by atoms with Crippen molar-refractivity contribution >= 4 is 17.9 Å². The predicted molar refractivity (Wildman–Crippen MR) is 321 cm³/mol. The van der Waals surface area contributed by atoms with Crippen molar-refractivity contribution in [1.82, 2.24) is 0 Å². The largest absolute Gasteiger partial charge is 0.462 e. The summed E-state index contributed by atoms with van der Waals surface area (Å²) in [6, 6.07) is 0. The van der Waals surface area contributed by atoms with Crippen LogP contribution in [0.4, 0.5) is 0 Å². The Balaban J connectivity index is 4.03. The smallest absolute Gasteiger partial charge is 0.306 e. The molecule has 74 heavy (non-hydrogen) atoms. The number of ether oxygens (including phenoxy) is 3. The zero-order valence-corrected chi connectivity index (χ0v) is 49.1. The summed E-state index contributed by atoms with van der Waals surface area (Å²) in [7, 11) is 0. The van der Waals surface area contributed by atoms with Crippen molar-refractivity contribution < 1.29 is 28.6 Å². The van der Waals surface area contributed by atoms with Gasteiger partial charge in [0.05, 0.1) is 0 Å².